The van der Waals surface area contributed by atoms with Gasteiger partial charge in [0.1, 0.15) is 0 Å². The Bertz CT molecular complexity index is 472. The van der Waals surface area contributed by atoms with Crippen molar-refractivity contribution in [2.24, 2.45) is 17.8 Å². The zero-order valence-electron chi connectivity index (χ0n) is 11.7. The number of carbonyl (C=O) groups excluding carboxylic acids is 1. The Kier molecular flexibility index (Phi) is 4.77. The highest BCUT2D eigenvalue weighted by Gasteiger charge is 2.41. The highest BCUT2D eigenvalue weighted by atomic mass is 16.4. The van der Waals surface area contributed by atoms with Crippen LogP contribution in [0.4, 0.5) is 0 Å². The first kappa shape index (κ1) is 14.6. The van der Waals surface area contributed by atoms with Crippen molar-refractivity contribution in [2.45, 2.75) is 32.7 Å². The van der Waals surface area contributed by atoms with E-state index in [-0.39, 0.29) is 11.8 Å². The van der Waals surface area contributed by atoms with Gasteiger partial charge in [-0.2, -0.15) is 0 Å². The monoisotopic (exact) mass is 275 g/mol. The maximum absolute atomic E-state index is 12.2. The third-order valence-corrected chi connectivity index (χ3v) is 4.20. The van der Waals surface area contributed by atoms with Gasteiger partial charge in [0.2, 0.25) is 5.91 Å². The van der Waals surface area contributed by atoms with Crippen molar-refractivity contribution in [3.05, 3.63) is 35.9 Å². The summed E-state index contributed by atoms with van der Waals surface area (Å²) in [7, 11) is 0. The van der Waals surface area contributed by atoms with E-state index in [2.05, 4.69) is 5.32 Å². The lowest BCUT2D eigenvalue weighted by Gasteiger charge is -2.15. The standard InChI is InChI=1S/C16H21NO3/c1-2-11-8-13(14(9-11)16(19)20)15(18)17-10-12-6-4-3-5-7-12/h3-7,11,13-14H,2,8-10H2,1H3,(H,17,18)(H,19,20). The number of hydrogen-bond acceptors (Lipinski definition) is 2. The van der Waals surface area contributed by atoms with Gasteiger partial charge in [0, 0.05) is 6.54 Å². The van der Waals surface area contributed by atoms with Gasteiger partial charge in [0.05, 0.1) is 11.8 Å². The Hall–Kier alpha value is -1.84. The maximum atomic E-state index is 12.2. The first-order valence-electron chi connectivity index (χ1n) is 7.16. The van der Waals surface area contributed by atoms with Crippen LogP contribution in [0.2, 0.25) is 0 Å². The summed E-state index contributed by atoms with van der Waals surface area (Å²) in [6, 6.07) is 9.65. The normalized spacial score (nSPS) is 25.4. The van der Waals surface area contributed by atoms with Gasteiger partial charge < -0.3 is 10.4 Å². The second-order valence-electron chi connectivity index (χ2n) is 5.50. The molecule has 3 unspecified atom stereocenters. The molecule has 0 heterocycles. The molecule has 0 radical (unpaired) electrons. The molecule has 2 N–H and O–H groups in total. The summed E-state index contributed by atoms with van der Waals surface area (Å²) >= 11 is 0. The molecule has 1 aromatic carbocycles. The van der Waals surface area contributed by atoms with Crippen molar-refractivity contribution in [1.82, 2.24) is 5.32 Å². The second-order valence-corrected chi connectivity index (χ2v) is 5.50. The summed E-state index contributed by atoms with van der Waals surface area (Å²) < 4.78 is 0. The third kappa shape index (κ3) is 3.38. The molecule has 4 nitrogen and oxygen atoms in total. The van der Waals surface area contributed by atoms with E-state index < -0.39 is 11.9 Å². The molecule has 1 aliphatic rings. The van der Waals surface area contributed by atoms with Crippen LogP contribution in [0.1, 0.15) is 31.7 Å². The lowest BCUT2D eigenvalue weighted by molar-refractivity contribution is -0.146. The van der Waals surface area contributed by atoms with Crippen molar-refractivity contribution in [3.63, 3.8) is 0 Å². The number of benzene rings is 1. The first-order valence-corrected chi connectivity index (χ1v) is 7.16. The quantitative estimate of drug-likeness (QED) is 0.867. The van der Waals surface area contributed by atoms with Crippen LogP contribution in [0.5, 0.6) is 0 Å². The van der Waals surface area contributed by atoms with E-state index in [1.807, 2.05) is 37.3 Å². The molecule has 108 valence electrons. The van der Waals surface area contributed by atoms with Crippen molar-refractivity contribution in [3.8, 4) is 0 Å². The van der Waals surface area contributed by atoms with Gasteiger partial charge >= 0.3 is 5.97 Å². The van der Waals surface area contributed by atoms with Crippen LogP contribution < -0.4 is 5.32 Å². The van der Waals surface area contributed by atoms with Crippen molar-refractivity contribution >= 4 is 11.9 Å². The Morgan fingerprint density at radius 3 is 2.45 bits per heavy atom. The lowest BCUT2D eigenvalue weighted by Crippen LogP contribution is -2.34. The Morgan fingerprint density at radius 2 is 1.85 bits per heavy atom. The second kappa shape index (κ2) is 6.55. The fourth-order valence-electron chi connectivity index (χ4n) is 2.96. The average Bonchev–Trinajstić information content (AvgIpc) is 2.90. The number of carbonyl (C=O) groups is 2. The predicted octanol–water partition coefficient (Wildman–Crippen LogP) is 2.44. The summed E-state index contributed by atoms with van der Waals surface area (Å²) in [5.74, 6) is -1.54. The Morgan fingerprint density at radius 1 is 1.20 bits per heavy atom. The van der Waals surface area contributed by atoms with Crippen molar-refractivity contribution in [2.75, 3.05) is 0 Å². The molecule has 1 saturated carbocycles. The van der Waals surface area contributed by atoms with E-state index >= 15 is 0 Å². The number of carboxylic acid groups (broad SMARTS) is 1. The summed E-state index contributed by atoms with van der Waals surface area (Å²) in [6.07, 6.45) is 2.25. The van der Waals surface area contributed by atoms with Crippen LogP contribution in [0, 0.1) is 17.8 Å². The van der Waals surface area contributed by atoms with Gasteiger partial charge in [0.15, 0.2) is 0 Å². The molecule has 1 amide bonds. The number of nitrogens with one attached hydrogen (secondary N) is 1. The van der Waals surface area contributed by atoms with Gasteiger partial charge in [-0.25, -0.2) is 0 Å². The van der Waals surface area contributed by atoms with E-state index in [9.17, 15) is 14.7 Å². The molecule has 4 heteroatoms. The van der Waals surface area contributed by atoms with Crippen molar-refractivity contribution < 1.29 is 14.7 Å². The SMILES string of the molecule is CCC1CC(C(=O)O)C(C(=O)NCc2ccccc2)C1. The predicted molar refractivity (Wildman–Crippen MR) is 75.9 cm³/mol. The van der Waals surface area contributed by atoms with E-state index in [1.54, 1.807) is 0 Å². The van der Waals surface area contributed by atoms with Gasteiger partial charge in [-0.15, -0.1) is 0 Å². The van der Waals surface area contributed by atoms with Crippen LogP contribution in [-0.4, -0.2) is 17.0 Å². The number of hydrogen-bond donors (Lipinski definition) is 2. The number of aliphatic carboxylic acids is 1. The summed E-state index contributed by atoms with van der Waals surface area (Å²) in [5, 5.41) is 12.1. The first-order chi connectivity index (χ1) is 9.61. The van der Waals surface area contributed by atoms with E-state index in [0.29, 0.717) is 25.3 Å². The third-order valence-electron chi connectivity index (χ3n) is 4.20. The number of amides is 1. The molecule has 1 aliphatic carbocycles. The number of carboxylic acids is 1. The fourth-order valence-corrected chi connectivity index (χ4v) is 2.96. The maximum Gasteiger partial charge on any atom is 0.307 e. The lowest BCUT2D eigenvalue weighted by atomic mass is 9.95. The van der Waals surface area contributed by atoms with E-state index in [0.717, 1.165) is 12.0 Å². The molecule has 1 fully saturated rings. The molecule has 20 heavy (non-hydrogen) atoms. The van der Waals surface area contributed by atoms with Gasteiger partial charge in [-0.05, 0) is 24.3 Å². The smallest absolute Gasteiger partial charge is 0.307 e. The minimum atomic E-state index is -0.846. The zero-order valence-corrected chi connectivity index (χ0v) is 11.7. The Labute approximate surface area is 119 Å². The summed E-state index contributed by atoms with van der Waals surface area (Å²) in [4.78, 5) is 23.5. The average molecular weight is 275 g/mol. The number of rotatable bonds is 5. The van der Waals surface area contributed by atoms with Crippen LogP contribution in [-0.2, 0) is 16.1 Å². The van der Waals surface area contributed by atoms with Gasteiger partial charge in [0.25, 0.3) is 0 Å². The summed E-state index contributed by atoms with van der Waals surface area (Å²) in [5.41, 5.74) is 1.03. The zero-order chi connectivity index (χ0) is 14.5. The van der Waals surface area contributed by atoms with Crippen LogP contribution in [0.3, 0.4) is 0 Å². The molecule has 2 rings (SSSR count). The molecule has 3 atom stereocenters. The largest absolute Gasteiger partial charge is 0.481 e. The molecule has 0 aromatic heterocycles. The molecular formula is C16H21NO3. The van der Waals surface area contributed by atoms with E-state index in [1.165, 1.54) is 0 Å². The van der Waals surface area contributed by atoms with Gasteiger partial charge in [-0.1, -0.05) is 43.7 Å². The minimum Gasteiger partial charge on any atom is -0.481 e. The molecular weight excluding hydrogens is 254 g/mol. The highest BCUT2D eigenvalue weighted by molar-refractivity contribution is 5.85. The fraction of sp³-hybridized carbons (Fsp3) is 0.500. The molecule has 0 spiro atoms. The molecule has 0 bridgehead atoms. The molecule has 0 saturated heterocycles. The van der Waals surface area contributed by atoms with E-state index in [4.69, 9.17) is 0 Å². The Balaban J connectivity index is 1.95. The highest BCUT2D eigenvalue weighted by Crippen LogP contribution is 2.38. The van der Waals surface area contributed by atoms with Crippen LogP contribution >= 0.6 is 0 Å². The van der Waals surface area contributed by atoms with Crippen LogP contribution in [0.15, 0.2) is 30.3 Å². The minimum absolute atomic E-state index is 0.128. The van der Waals surface area contributed by atoms with Crippen LogP contribution in [0.25, 0.3) is 0 Å². The summed E-state index contributed by atoms with van der Waals surface area (Å²) in [6.45, 7) is 2.51. The topological polar surface area (TPSA) is 66.4 Å². The van der Waals surface area contributed by atoms with Crippen molar-refractivity contribution in [1.29, 1.82) is 0 Å². The molecule has 0 aliphatic heterocycles. The molecule has 1 aromatic rings. The van der Waals surface area contributed by atoms with Gasteiger partial charge in [-0.3, -0.25) is 9.59 Å².